The van der Waals surface area contributed by atoms with E-state index in [0.717, 1.165) is 6.29 Å². The van der Waals surface area contributed by atoms with E-state index in [-0.39, 0.29) is 18.2 Å². The van der Waals surface area contributed by atoms with Crippen LogP contribution in [0.15, 0.2) is 24.3 Å². The Kier molecular flexibility index (Phi) is 5.21. The van der Waals surface area contributed by atoms with Crippen molar-refractivity contribution < 1.29 is 18.7 Å². The Morgan fingerprint density at radius 1 is 1.32 bits per heavy atom. The third kappa shape index (κ3) is 5.64. The lowest BCUT2D eigenvalue weighted by atomic mass is 9.96. The van der Waals surface area contributed by atoms with Gasteiger partial charge in [0.05, 0.1) is 0 Å². The molecule has 0 aromatic heterocycles. The summed E-state index contributed by atoms with van der Waals surface area (Å²) < 4.78 is 18.0. The highest BCUT2D eigenvalue weighted by atomic mass is 19.1. The number of carbonyl (C=O) groups excluding carboxylic acids is 2. The van der Waals surface area contributed by atoms with Crippen molar-refractivity contribution in [3.8, 4) is 0 Å². The number of esters is 1. The van der Waals surface area contributed by atoms with Gasteiger partial charge in [0.1, 0.15) is 17.7 Å². The van der Waals surface area contributed by atoms with Crippen LogP contribution in [-0.4, -0.2) is 17.9 Å². The predicted octanol–water partition coefficient (Wildman–Crippen LogP) is 3.23. The summed E-state index contributed by atoms with van der Waals surface area (Å²) in [4.78, 5) is 22.6. The van der Waals surface area contributed by atoms with Crippen LogP contribution in [0, 0.1) is 5.82 Å². The van der Waals surface area contributed by atoms with E-state index in [1.165, 1.54) is 12.1 Å². The molecule has 0 aliphatic heterocycles. The van der Waals surface area contributed by atoms with Gasteiger partial charge in [-0.25, -0.2) is 4.39 Å². The van der Waals surface area contributed by atoms with Crippen LogP contribution < -0.4 is 0 Å². The second-order valence-corrected chi connectivity index (χ2v) is 5.42. The molecule has 0 spiro atoms. The highest BCUT2D eigenvalue weighted by Crippen LogP contribution is 2.20. The molecule has 1 unspecified atom stereocenters. The van der Waals surface area contributed by atoms with Gasteiger partial charge in [-0.15, -0.1) is 0 Å². The van der Waals surface area contributed by atoms with Gasteiger partial charge in [-0.2, -0.15) is 0 Å². The molecule has 0 bridgehead atoms. The number of hydrogen-bond acceptors (Lipinski definition) is 3. The molecule has 0 heterocycles. The molecule has 0 fully saturated rings. The Morgan fingerprint density at radius 3 is 2.37 bits per heavy atom. The second kappa shape index (κ2) is 6.45. The summed E-state index contributed by atoms with van der Waals surface area (Å²) in [5, 5.41) is 0. The van der Waals surface area contributed by atoms with E-state index in [1.54, 1.807) is 32.9 Å². The molecule has 1 aromatic carbocycles. The fourth-order valence-electron chi connectivity index (χ4n) is 1.69. The van der Waals surface area contributed by atoms with Gasteiger partial charge < -0.3 is 9.53 Å². The van der Waals surface area contributed by atoms with Crippen molar-refractivity contribution in [2.45, 2.75) is 45.1 Å². The van der Waals surface area contributed by atoms with Gasteiger partial charge in [-0.1, -0.05) is 12.1 Å². The van der Waals surface area contributed by atoms with E-state index in [2.05, 4.69) is 0 Å². The normalized spacial score (nSPS) is 12.8. The Hall–Kier alpha value is -1.71. The number of hydrogen-bond donors (Lipinski definition) is 0. The molecule has 3 nitrogen and oxygen atoms in total. The minimum Gasteiger partial charge on any atom is -0.460 e. The largest absolute Gasteiger partial charge is 0.460 e. The van der Waals surface area contributed by atoms with Gasteiger partial charge in [0.25, 0.3) is 0 Å². The molecule has 0 N–H and O–H groups in total. The lowest BCUT2D eigenvalue weighted by molar-refractivity contribution is -0.154. The van der Waals surface area contributed by atoms with Crippen molar-refractivity contribution in [2.24, 2.45) is 0 Å². The molecule has 0 radical (unpaired) electrons. The van der Waals surface area contributed by atoms with Crippen molar-refractivity contribution >= 4 is 12.3 Å². The van der Waals surface area contributed by atoms with E-state index in [4.69, 9.17) is 4.74 Å². The maximum atomic E-state index is 12.8. The quantitative estimate of drug-likeness (QED) is 0.607. The molecule has 1 aromatic rings. The van der Waals surface area contributed by atoms with Crippen LogP contribution in [0.3, 0.4) is 0 Å². The maximum Gasteiger partial charge on any atom is 0.306 e. The lowest BCUT2D eigenvalue weighted by Gasteiger charge is -2.20. The molecule has 0 aliphatic rings. The summed E-state index contributed by atoms with van der Waals surface area (Å²) in [6.07, 6.45) is 1.31. The molecule has 0 amide bonds. The third-order valence-electron chi connectivity index (χ3n) is 2.54. The van der Waals surface area contributed by atoms with Crippen LogP contribution >= 0.6 is 0 Å². The average molecular weight is 266 g/mol. The minimum atomic E-state index is -0.524. The molecule has 1 atom stereocenters. The highest BCUT2D eigenvalue weighted by Gasteiger charge is 2.18. The van der Waals surface area contributed by atoms with Gasteiger partial charge in [0, 0.05) is 12.3 Å². The number of rotatable bonds is 5. The Bertz CT molecular complexity index is 432. The van der Waals surface area contributed by atoms with Crippen molar-refractivity contribution in [3.63, 3.8) is 0 Å². The summed E-state index contributed by atoms with van der Waals surface area (Å²) >= 11 is 0. The number of aldehydes is 1. The summed E-state index contributed by atoms with van der Waals surface area (Å²) in [6.45, 7) is 5.38. The number of benzene rings is 1. The molecule has 0 aliphatic carbocycles. The first-order chi connectivity index (χ1) is 8.81. The van der Waals surface area contributed by atoms with Crippen molar-refractivity contribution in [3.05, 3.63) is 35.6 Å². The monoisotopic (exact) mass is 266 g/mol. The molecule has 104 valence electrons. The SMILES string of the molecule is CC(C)(C)OC(=O)CCC(C=O)c1ccc(F)cc1. The summed E-state index contributed by atoms with van der Waals surface area (Å²) in [6, 6.07) is 5.73. The zero-order valence-electron chi connectivity index (χ0n) is 11.5. The third-order valence-corrected chi connectivity index (χ3v) is 2.54. The molecule has 19 heavy (non-hydrogen) atoms. The van der Waals surface area contributed by atoms with E-state index >= 15 is 0 Å². The summed E-state index contributed by atoms with van der Waals surface area (Å²) in [5.41, 5.74) is 0.184. The van der Waals surface area contributed by atoms with Gasteiger partial charge >= 0.3 is 5.97 Å². The fraction of sp³-hybridized carbons (Fsp3) is 0.467. The van der Waals surface area contributed by atoms with Gasteiger partial charge in [0.15, 0.2) is 0 Å². The van der Waals surface area contributed by atoms with Gasteiger partial charge in [0.2, 0.25) is 0 Å². The topological polar surface area (TPSA) is 43.4 Å². The van der Waals surface area contributed by atoms with Crippen LogP contribution in [0.25, 0.3) is 0 Å². The van der Waals surface area contributed by atoms with Crippen molar-refractivity contribution in [1.82, 2.24) is 0 Å². The molecular weight excluding hydrogens is 247 g/mol. The zero-order valence-corrected chi connectivity index (χ0v) is 11.5. The van der Waals surface area contributed by atoms with Crippen molar-refractivity contribution in [2.75, 3.05) is 0 Å². The molecule has 1 rings (SSSR count). The molecule has 0 saturated carbocycles. The minimum absolute atomic E-state index is 0.165. The maximum absolute atomic E-state index is 12.8. The second-order valence-electron chi connectivity index (χ2n) is 5.42. The zero-order chi connectivity index (χ0) is 14.5. The van der Waals surface area contributed by atoms with Crippen LogP contribution in [0.2, 0.25) is 0 Å². The predicted molar refractivity (Wildman–Crippen MR) is 70.3 cm³/mol. The van der Waals surface area contributed by atoms with Crippen LogP contribution in [0.5, 0.6) is 0 Å². The Morgan fingerprint density at radius 2 is 1.89 bits per heavy atom. The highest BCUT2D eigenvalue weighted by molar-refractivity contribution is 5.71. The Balaban J connectivity index is 2.56. The smallest absolute Gasteiger partial charge is 0.306 e. The van der Waals surface area contributed by atoms with Crippen LogP contribution in [0.1, 0.15) is 45.1 Å². The van der Waals surface area contributed by atoms with Gasteiger partial charge in [-0.3, -0.25) is 4.79 Å². The number of carbonyl (C=O) groups is 2. The Labute approximate surface area is 112 Å². The number of ether oxygens (including phenoxy) is 1. The molecule has 4 heteroatoms. The van der Waals surface area contributed by atoms with Crippen molar-refractivity contribution in [1.29, 1.82) is 0 Å². The lowest BCUT2D eigenvalue weighted by Crippen LogP contribution is -2.24. The summed E-state index contributed by atoms with van der Waals surface area (Å²) in [7, 11) is 0. The first kappa shape index (κ1) is 15.3. The average Bonchev–Trinajstić information content (AvgIpc) is 2.29. The summed E-state index contributed by atoms with van der Waals surface area (Å²) in [5.74, 6) is -1.09. The van der Waals surface area contributed by atoms with E-state index < -0.39 is 11.5 Å². The first-order valence-corrected chi connectivity index (χ1v) is 6.24. The van der Waals surface area contributed by atoms with E-state index in [9.17, 15) is 14.0 Å². The van der Waals surface area contributed by atoms with Crippen LogP contribution in [0.4, 0.5) is 4.39 Å². The molecular formula is C15H19FO3. The van der Waals surface area contributed by atoms with E-state index in [0.29, 0.717) is 12.0 Å². The fourth-order valence-corrected chi connectivity index (χ4v) is 1.69. The van der Waals surface area contributed by atoms with E-state index in [1.807, 2.05) is 0 Å². The standard InChI is InChI=1S/C15H19FO3/c1-15(2,3)19-14(18)9-6-12(10-17)11-4-7-13(16)8-5-11/h4-5,7-8,10,12H,6,9H2,1-3H3. The first-order valence-electron chi connectivity index (χ1n) is 6.24. The van der Waals surface area contributed by atoms with Gasteiger partial charge in [-0.05, 0) is 44.9 Å². The van der Waals surface area contributed by atoms with Crippen LogP contribution in [-0.2, 0) is 14.3 Å². The number of halogens is 1. The molecule has 0 saturated heterocycles.